The molecule has 3 nitrogen and oxygen atoms in total. The van der Waals surface area contributed by atoms with Gasteiger partial charge in [0, 0.05) is 6.54 Å². The van der Waals surface area contributed by atoms with Crippen molar-refractivity contribution in [1.29, 1.82) is 0 Å². The van der Waals surface area contributed by atoms with Gasteiger partial charge in [0.25, 0.3) is 0 Å². The predicted octanol–water partition coefficient (Wildman–Crippen LogP) is 2.99. The van der Waals surface area contributed by atoms with E-state index in [0.29, 0.717) is 5.41 Å². The van der Waals surface area contributed by atoms with Gasteiger partial charge in [-0.15, -0.1) is 0 Å². The molecule has 4 fully saturated rings. The smallest absolute Gasteiger partial charge is 0.126 e. The lowest BCUT2D eigenvalue weighted by molar-refractivity contribution is -0.0616. The van der Waals surface area contributed by atoms with E-state index in [1.165, 1.54) is 38.5 Å². The summed E-state index contributed by atoms with van der Waals surface area (Å²) < 4.78 is 2.21. The number of nitrogen functional groups attached to an aromatic ring is 1. The Morgan fingerprint density at radius 2 is 1.78 bits per heavy atom. The van der Waals surface area contributed by atoms with Crippen LogP contribution in [0, 0.1) is 30.1 Å². The Balaban J connectivity index is 1.62. The molecule has 18 heavy (non-hydrogen) atoms. The second-order valence-electron chi connectivity index (χ2n) is 7.26. The summed E-state index contributed by atoms with van der Waals surface area (Å²) in [6.45, 7) is 3.12. The summed E-state index contributed by atoms with van der Waals surface area (Å²) in [5.74, 6) is 3.93. The van der Waals surface area contributed by atoms with E-state index in [1.807, 2.05) is 13.3 Å². The van der Waals surface area contributed by atoms with Crippen molar-refractivity contribution in [1.82, 2.24) is 9.55 Å². The zero-order chi connectivity index (χ0) is 12.3. The van der Waals surface area contributed by atoms with Crippen molar-refractivity contribution in [2.75, 3.05) is 5.73 Å². The minimum Gasteiger partial charge on any atom is -0.384 e. The fourth-order valence-electron chi connectivity index (χ4n) is 5.46. The topological polar surface area (TPSA) is 43.8 Å². The van der Waals surface area contributed by atoms with E-state index in [0.717, 1.165) is 35.8 Å². The Morgan fingerprint density at radius 3 is 2.22 bits per heavy atom. The van der Waals surface area contributed by atoms with Crippen LogP contribution in [0.15, 0.2) is 6.33 Å². The van der Waals surface area contributed by atoms with Crippen LogP contribution in [0.4, 0.5) is 5.82 Å². The van der Waals surface area contributed by atoms with Crippen molar-refractivity contribution in [3.63, 3.8) is 0 Å². The molecule has 2 N–H and O–H groups in total. The van der Waals surface area contributed by atoms with Gasteiger partial charge < -0.3 is 10.3 Å². The molecule has 1 heterocycles. The van der Waals surface area contributed by atoms with Crippen LogP contribution in [0.5, 0.6) is 0 Å². The van der Waals surface area contributed by atoms with Crippen molar-refractivity contribution in [3.05, 3.63) is 12.0 Å². The molecule has 0 atom stereocenters. The van der Waals surface area contributed by atoms with Crippen LogP contribution < -0.4 is 5.73 Å². The van der Waals surface area contributed by atoms with Crippen molar-refractivity contribution >= 4 is 5.82 Å². The summed E-state index contributed by atoms with van der Waals surface area (Å²) in [6.07, 6.45) is 10.8. The van der Waals surface area contributed by atoms with Gasteiger partial charge in [0.05, 0.1) is 12.0 Å². The largest absolute Gasteiger partial charge is 0.384 e. The summed E-state index contributed by atoms with van der Waals surface area (Å²) in [7, 11) is 0. The number of nitrogens with two attached hydrogens (primary N) is 1. The highest BCUT2D eigenvalue weighted by atomic mass is 15.1. The number of anilines is 1. The van der Waals surface area contributed by atoms with Crippen LogP contribution >= 0.6 is 0 Å². The maximum atomic E-state index is 6.13. The molecule has 5 rings (SSSR count). The van der Waals surface area contributed by atoms with E-state index in [1.54, 1.807) is 0 Å². The van der Waals surface area contributed by atoms with Crippen LogP contribution in [-0.4, -0.2) is 9.55 Å². The van der Waals surface area contributed by atoms with E-state index < -0.39 is 0 Å². The summed E-state index contributed by atoms with van der Waals surface area (Å²) >= 11 is 0. The number of hydrogen-bond acceptors (Lipinski definition) is 2. The molecule has 0 saturated heterocycles. The van der Waals surface area contributed by atoms with E-state index in [9.17, 15) is 0 Å². The Kier molecular flexibility index (Phi) is 2.13. The molecule has 4 bridgehead atoms. The molecular weight excluding hydrogens is 222 g/mol. The van der Waals surface area contributed by atoms with Crippen LogP contribution in [0.25, 0.3) is 0 Å². The Hall–Kier alpha value is -0.990. The Morgan fingerprint density at radius 1 is 1.22 bits per heavy atom. The third-order valence-corrected chi connectivity index (χ3v) is 5.74. The van der Waals surface area contributed by atoms with Crippen LogP contribution in [0.1, 0.15) is 44.2 Å². The number of hydrogen-bond donors (Lipinski definition) is 1. The van der Waals surface area contributed by atoms with Crippen LogP contribution in [0.3, 0.4) is 0 Å². The van der Waals surface area contributed by atoms with Crippen molar-refractivity contribution in [2.24, 2.45) is 23.2 Å². The Labute approximate surface area is 109 Å². The lowest BCUT2D eigenvalue weighted by Gasteiger charge is -2.57. The molecule has 0 amide bonds. The number of aromatic nitrogens is 2. The van der Waals surface area contributed by atoms with Gasteiger partial charge in [0.2, 0.25) is 0 Å². The zero-order valence-corrected chi connectivity index (χ0v) is 11.2. The summed E-state index contributed by atoms with van der Waals surface area (Å²) in [5, 5.41) is 0. The van der Waals surface area contributed by atoms with Gasteiger partial charge in [-0.05, 0) is 68.6 Å². The first kappa shape index (κ1) is 10.9. The Bertz CT molecular complexity index is 439. The third kappa shape index (κ3) is 1.52. The maximum Gasteiger partial charge on any atom is 0.126 e. The molecule has 0 spiro atoms. The molecule has 1 aromatic heterocycles. The van der Waals surface area contributed by atoms with Gasteiger partial charge in [0.1, 0.15) is 5.82 Å². The standard InChI is InChI=1S/C15H23N3/c1-10-14(16)18(9-17-10)8-15-5-11-2-12(6-15)4-13(3-11)7-15/h9,11-13H,2-8,16H2,1H3. The van der Waals surface area contributed by atoms with Crippen molar-refractivity contribution < 1.29 is 0 Å². The molecule has 4 saturated carbocycles. The van der Waals surface area contributed by atoms with Gasteiger partial charge in [-0.25, -0.2) is 4.98 Å². The molecule has 0 radical (unpaired) electrons. The molecule has 3 heteroatoms. The van der Waals surface area contributed by atoms with Gasteiger partial charge in [0.15, 0.2) is 0 Å². The van der Waals surface area contributed by atoms with Gasteiger partial charge in [-0.1, -0.05) is 0 Å². The summed E-state index contributed by atoms with van der Waals surface area (Å²) in [6, 6.07) is 0. The molecule has 0 unspecified atom stereocenters. The van der Waals surface area contributed by atoms with Crippen molar-refractivity contribution in [2.45, 2.75) is 52.0 Å². The van der Waals surface area contributed by atoms with Gasteiger partial charge in [-0.3, -0.25) is 0 Å². The molecule has 4 aliphatic rings. The molecule has 1 aromatic rings. The molecule has 98 valence electrons. The zero-order valence-electron chi connectivity index (χ0n) is 11.2. The van der Waals surface area contributed by atoms with E-state index in [-0.39, 0.29) is 0 Å². The highest BCUT2D eigenvalue weighted by Gasteiger charge is 2.50. The van der Waals surface area contributed by atoms with E-state index in [2.05, 4.69) is 9.55 Å². The molecule has 0 aliphatic heterocycles. The SMILES string of the molecule is Cc1ncn(CC23CC4CC(CC(C4)C2)C3)c1N. The van der Waals surface area contributed by atoms with E-state index >= 15 is 0 Å². The lowest BCUT2D eigenvalue weighted by Crippen LogP contribution is -2.47. The van der Waals surface area contributed by atoms with E-state index in [4.69, 9.17) is 5.73 Å². The molecule has 0 aromatic carbocycles. The average Bonchev–Trinajstić information content (AvgIpc) is 2.58. The van der Waals surface area contributed by atoms with Gasteiger partial charge in [-0.2, -0.15) is 0 Å². The quantitative estimate of drug-likeness (QED) is 0.870. The minimum absolute atomic E-state index is 0.552. The van der Waals surface area contributed by atoms with Gasteiger partial charge >= 0.3 is 0 Å². The highest BCUT2D eigenvalue weighted by Crippen LogP contribution is 2.60. The number of rotatable bonds is 2. The van der Waals surface area contributed by atoms with Crippen LogP contribution in [0.2, 0.25) is 0 Å². The first-order chi connectivity index (χ1) is 8.63. The number of imidazole rings is 1. The molecular formula is C15H23N3. The predicted molar refractivity (Wildman–Crippen MR) is 72.0 cm³/mol. The monoisotopic (exact) mass is 245 g/mol. The normalized spacial score (nSPS) is 41.5. The van der Waals surface area contributed by atoms with Crippen molar-refractivity contribution in [3.8, 4) is 0 Å². The lowest BCUT2D eigenvalue weighted by atomic mass is 9.49. The minimum atomic E-state index is 0.552. The second kappa shape index (κ2) is 3.52. The average molecular weight is 245 g/mol. The fourth-order valence-corrected chi connectivity index (χ4v) is 5.46. The third-order valence-electron chi connectivity index (χ3n) is 5.74. The summed E-state index contributed by atoms with van der Waals surface area (Å²) in [4.78, 5) is 4.35. The number of nitrogens with zero attached hydrogens (tertiary/aromatic N) is 2. The first-order valence-corrected chi connectivity index (χ1v) is 7.41. The fraction of sp³-hybridized carbons (Fsp3) is 0.800. The highest BCUT2D eigenvalue weighted by molar-refractivity contribution is 5.34. The van der Waals surface area contributed by atoms with Crippen LogP contribution in [-0.2, 0) is 6.54 Å². The maximum absolute atomic E-state index is 6.13. The molecule has 4 aliphatic carbocycles. The second-order valence-corrected chi connectivity index (χ2v) is 7.26. The summed E-state index contributed by atoms with van der Waals surface area (Å²) in [5.41, 5.74) is 7.67. The first-order valence-electron chi connectivity index (χ1n) is 7.41. The number of aryl methyl sites for hydroxylation is 1.